The summed E-state index contributed by atoms with van der Waals surface area (Å²) < 4.78 is 1.02. The molecule has 1 aliphatic rings. The number of carbonyl (C=O) groups is 1. The number of hydrogen-bond donors (Lipinski definition) is 3. The lowest BCUT2D eigenvalue weighted by molar-refractivity contribution is 0.243. The van der Waals surface area contributed by atoms with Gasteiger partial charge in [-0.3, -0.25) is 0 Å². The van der Waals surface area contributed by atoms with Crippen molar-refractivity contribution >= 4 is 50.1 Å². The average Bonchev–Trinajstić information content (AvgIpc) is 2.77. The number of halogens is 1. The predicted octanol–water partition coefficient (Wildman–Crippen LogP) is 6.22. The smallest absolute Gasteiger partial charge is 0.319 e. The summed E-state index contributed by atoms with van der Waals surface area (Å²) in [5.74, 6) is 0.910. The Hall–Kier alpha value is -2.80. The highest BCUT2D eigenvalue weighted by Gasteiger charge is 2.23. The van der Waals surface area contributed by atoms with Crippen LogP contribution in [0, 0.1) is 13.8 Å². The molecule has 1 saturated carbocycles. The van der Waals surface area contributed by atoms with Crippen LogP contribution in [0.1, 0.15) is 36.8 Å². The first kappa shape index (κ1) is 23.4. The van der Waals surface area contributed by atoms with E-state index in [2.05, 4.69) is 69.1 Å². The van der Waals surface area contributed by atoms with Gasteiger partial charge in [0.1, 0.15) is 5.82 Å². The lowest BCUT2D eigenvalue weighted by Crippen LogP contribution is -2.42. The number of amides is 2. The zero-order valence-electron chi connectivity index (χ0n) is 19.7. The third kappa shape index (κ3) is 5.58. The maximum Gasteiger partial charge on any atom is 0.319 e. The zero-order valence-corrected chi connectivity index (χ0v) is 21.3. The number of pyridine rings is 1. The van der Waals surface area contributed by atoms with Gasteiger partial charge in [0.05, 0.1) is 5.52 Å². The zero-order chi connectivity index (χ0) is 23.5. The number of nitrogens with one attached hydrogen (secondary N) is 3. The van der Waals surface area contributed by atoms with Crippen molar-refractivity contribution in [3.05, 3.63) is 58.1 Å². The van der Waals surface area contributed by atoms with Gasteiger partial charge < -0.3 is 20.9 Å². The van der Waals surface area contributed by atoms with Gasteiger partial charge >= 0.3 is 6.03 Å². The topological polar surface area (TPSA) is 69.3 Å². The van der Waals surface area contributed by atoms with Crippen LogP contribution in [0.3, 0.4) is 0 Å². The van der Waals surface area contributed by atoms with Gasteiger partial charge in [-0.25, -0.2) is 9.78 Å². The molecule has 2 aromatic carbocycles. The number of benzene rings is 2. The Morgan fingerprint density at radius 3 is 2.30 bits per heavy atom. The van der Waals surface area contributed by atoms with Crippen molar-refractivity contribution in [2.24, 2.45) is 0 Å². The summed E-state index contributed by atoms with van der Waals surface area (Å²) in [6.07, 6.45) is 3.87. The molecule has 1 heterocycles. The molecule has 0 atom stereocenters. The van der Waals surface area contributed by atoms with E-state index in [9.17, 15) is 4.79 Å². The Morgan fingerprint density at radius 1 is 1.00 bits per heavy atom. The molecular weight excluding hydrogens is 478 g/mol. The number of hydrogen-bond acceptors (Lipinski definition) is 4. The van der Waals surface area contributed by atoms with Crippen LogP contribution >= 0.6 is 15.9 Å². The van der Waals surface area contributed by atoms with E-state index < -0.39 is 0 Å². The Kier molecular flexibility index (Phi) is 7.08. The molecule has 3 aromatic rings. The third-order valence-corrected chi connectivity index (χ3v) is 6.78. The van der Waals surface area contributed by atoms with Crippen molar-refractivity contribution in [3.63, 3.8) is 0 Å². The summed E-state index contributed by atoms with van der Waals surface area (Å²) in [5, 5.41) is 11.0. The van der Waals surface area contributed by atoms with E-state index >= 15 is 0 Å². The van der Waals surface area contributed by atoms with Crippen LogP contribution in [0.5, 0.6) is 0 Å². The summed E-state index contributed by atoms with van der Waals surface area (Å²) in [5.41, 5.74) is 5.13. The van der Waals surface area contributed by atoms with Gasteiger partial charge in [-0.05, 0) is 68.9 Å². The van der Waals surface area contributed by atoms with Gasteiger partial charge in [0.2, 0.25) is 0 Å². The first-order valence-corrected chi connectivity index (χ1v) is 12.3. The number of aryl methyl sites for hydroxylation is 2. The van der Waals surface area contributed by atoms with E-state index in [0.29, 0.717) is 6.04 Å². The number of urea groups is 1. The first-order valence-electron chi connectivity index (χ1n) is 11.5. The summed E-state index contributed by atoms with van der Waals surface area (Å²) >= 11 is 3.50. The Bertz CT molecular complexity index is 1130. The number of nitrogens with zero attached hydrogens (tertiary/aromatic N) is 2. The van der Waals surface area contributed by atoms with Crippen molar-refractivity contribution in [1.29, 1.82) is 0 Å². The molecule has 1 fully saturated rings. The van der Waals surface area contributed by atoms with E-state index in [1.54, 1.807) is 0 Å². The minimum absolute atomic E-state index is 0.133. The average molecular weight is 510 g/mol. The molecule has 33 heavy (non-hydrogen) atoms. The van der Waals surface area contributed by atoms with Gasteiger partial charge in [-0.1, -0.05) is 34.1 Å². The molecule has 1 aliphatic carbocycles. The van der Waals surface area contributed by atoms with Gasteiger partial charge in [-0.15, -0.1) is 0 Å². The van der Waals surface area contributed by atoms with Crippen LogP contribution < -0.4 is 20.9 Å². The van der Waals surface area contributed by atoms with E-state index in [4.69, 9.17) is 4.98 Å². The van der Waals surface area contributed by atoms with Crippen molar-refractivity contribution in [2.75, 3.05) is 29.6 Å². The number of rotatable bonds is 5. The lowest BCUT2D eigenvalue weighted by Gasteiger charge is -2.30. The number of para-hydroxylation sites is 1. The summed E-state index contributed by atoms with van der Waals surface area (Å²) in [4.78, 5) is 19.6. The van der Waals surface area contributed by atoms with Crippen LogP contribution in [-0.4, -0.2) is 37.2 Å². The molecule has 0 radical (unpaired) electrons. The molecule has 0 unspecified atom stereocenters. The first-order chi connectivity index (χ1) is 15.8. The highest BCUT2D eigenvalue weighted by molar-refractivity contribution is 9.10. The SMILES string of the molecule is Cc1cc(Br)cc(C)c1NC(=O)NC1CCC(Nc2cc(N(C)C)c3ccccc3n2)CC1. The monoisotopic (exact) mass is 509 g/mol. The molecule has 1 aromatic heterocycles. The number of aromatic nitrogens is 1. The fourth-order valence-corrected chi connectivity index (χ4v) is 5.32. The maximum absolute atomic E-state index is 12.6. The van der Waals surface area contributed by atoms with Crippen LogP contribution in [0.25, 0.3) is 10.9 Å². The molecule has 3 N–H and O–H groups in total. The van der Waals surface area contributed by atoms with E-state index in [0.717, 1.165) is 69.4 Å². The van der Waals surface area contributed by atoms with Crippen LogP contribution in [0.15, 0.2) is 46.9 Å². The lowest BCUT2D eigenvalue weighted by atomic mass is 9.91. The molecular formula is C26H32BrN5O. The molecule has 2 amide bonds. The summed E-state index contributed by atoms with van der Waals surface area (Å²) in [6, 6.07) is 14.8. The van der Waals surface area contributed by atoms with Gasteiger partial charge in [0.25, 0.3) is 0 Å². The Labute approximate surface area is 204 Å². The van der Waals surface area contributed by atoms with Gasteiger partial charge in [-0.2, -0.15) is 0 Å². The molecule has 174 valence electrons. The number of fused-ring (bicyclic) bond motifs is 1. The predicted molar refractivity (Wildman–Crippen MR) is 142 cm³/mol. The van der Waals surface area contributed by atoms with Crippen molar-refractivity contribution in [2.45, 2.75) is 51.6 Å². The maximum atomic E-state index is 12.6. The van der Waals surface area contributed by atoms with E-state index in [-0.39, 0.29) is 12.1 Å². The van der Waals surface area contributed by atoms with Crippen molar-refractivity contribution in [1.82, 2.24) is 10.3 Å². The summed E-state index contributed by atoms with van der Waals surface area (Å²) in [6.45, 7) is 4.01. The van der Waals surface area contributed by atoms with Crippen LogP contribution in [0.4, 0.5) is 22.0 Å². The van der Waals surface area contributed by atoms with Crippen LogP contribution in [-0.2, 0) is 0 Å². The fourth-order valence-electron chi connectivity index (χ4n) is 4.64. The number of anilines is 3. The fraction of sp³-hybridized carbons (Fsp3) is 0.385. The van der Waals surface area contributed by atoms with E-state index in [1.165, 1.54) is 0 Å². The molecule has 0 bridgehead atoms. The standard InChI is InChI=1S/C26H32BrN5O/c1-16-13-18(27)14-17(2)25(16)31-26(33)29-20-11-9-19(10-12-20)28-24-15-23(32(3)4)21-7-5-6-8-22(21)30-24/h5-8,13-15,19-20H,9-12H2,1-4H3,(H,28,30)(H2,29,31,33). The largest absolute Gasteiger partial charge is 0.377 e. The minimum Gasteiger partial charge on any atom is -0.377 e. The Balaban J connectivity index is 1.34. The second kappa shape index (κ2) is 10.00. The van der Waals surface area contributed by atoms with Crippen LogP contribution in [0.2, 0.25) is 0 Å². The molecule has 4 rings (SSSR count). The minimum atomic E-state index is -0.133. The molecule has 0 aliphatic heterocycles. The van der Waals surface area contributed by atoms with E-state index in [1.807, 2.05) is 38.1 Å². The third-order valence-electron chi connectivity index (χ3n) is 6.33. The second-order valence-electron chi connectivity index (χ2n) is 9.14. The molecule has 0 spiro atoms. The molecule has 7 heteroatoms. The van der Waals surface area contributed by atoms with Gasteiger partial charge in [0, 0.05) is 53.5 Å². The molecule has 6 nitrogen and oxygen atoms in total. The quantitative estimate of drug-likeness (QED) is 0.381. The number of carbonyl (C=O) groups excluding carboxylic acids is 1. The highest BCUT2D eigenvalue weighted by Crippen LogP contribution is 2.29. The van der Waals surface area contributed by atoms with Crippen molar-refractivity contribution in [3.8, 4) is 0 Å². The second-order valence-corrected chi connectivity index (χ2v) is 10.1. The van der Waals surface area contributed by atoms with Gasteiger partial charge in [0.15, 0.2) is 0 Å². The molecule has 0 saturated heterocycles. The normalized spacial score (nSPS) is 18.1. The highest BCUT2D eigenvalue weighted by atomic mass is 79.9. The summed E-state index contributed by atoms with van der Waals surface area (Å²) in [7, 11) is 4.12. The Morgan fingerprint density at radius 2 is 1.64 bits per heavy atom. The van der Waals surface area contributed by atoms with Crippen molar-refractivity contribution < 1.29 is 4.79 Å².